The Labute approximate surface area is 201 Å². The summed E-state index contributed by atoms with van der Waals surface area (Å²) < 4.78 is 33.4. The van der Waals surface area contributed by atoms with Crippen LogP contribution in [0.3, 0.4) is 0 Å². The molecule has 12 nitrogen and oxygen atoms in total. The summed E-state index contributed by atoms with van der Waals surface area (Å²) in [4.78, 5) is 19.7. The fourth-order valence-corrected chi connectivity index (χ4v) is 6.22. The van der Waals surface area contributed by atoms with Crippen molar-refractivity contribution >= 4 is 20.0 Å². The molecule has 0 aromatic heterocycles. The number of aliphatic hydroxyl groups is 1. The van der Waals surface area contributed by atoms with Gasteiger partial charge in [-0.25, -0.2) is 14.2 Å². The standard InChI is InChI=1S/C21H37N6O6P/c1-15(2)27(16(3)4)34(30,31-11-7-9-22)33-17-12-20(32-18(17)13-28)26-10-8-19(29)24-21(26)23-14-25(5)6/h8,10,14-18,20-21,28H,7,11-13H2,1-6H3,(H,24,29)/b23-14+/t17-,18+,20+,21?,34?/m0/s1. The van der Waals surface area contributed by atoms with Gasteiger partial charge < -0.3 is 25.0 Å². The highest BCUT2D eigenvalue weighted by atomic mass is 31.2. The van der Waals surface area contributed by atoms with Crippen molar-refractivity contribution in [3.8, 4) is 6.07 Å². The minimum absolute atomic E-state index is 0.0489. The van der Waals surface area contributed by atoms with Crippen LogP contribution in [0.5, 0.6) is 0 Å². The number of rotatable bonds is 12. The van der Waals surface area contributed by atoms with Crippen molar-refractivity contribution in [2.75, 3.05) is 27.3 Å². The van der Waals surface area contributed by atoms with Crippen molar-refractivity contribution in [1.82, 2.24) is 19.8 Å². The number of nitrogens with one attached hydrogen (secondary N) is 1. The zero-order valence-electron chi connectivity index (χ0n) is 20.7. The zero-order chi connectivity index (χ0) is 25.5. The maximum Gasteiger partial charge on any atom is 0.409 e. The molecule has 0 aromatic rings. The van der Waals surface area contributed by atoms with E-state index >= 15 is 0 Å². The second-order valence-electron chi connectivity index (χ2n) is 8.84. The van der Waals surface area contributed by atoms with Gasteiger partial charge in [-0.15, -0.1) is 0 Å². The summed E-state index contributed by atoms with van der Waals surface area (Å²) in [6.45, 7) is 7.13. The lowest BCUT2D eigenvalue weighted by Gasteiger charge is -2.37. The van der Waals surface area contributed by atoms with Crippen LogP contribution in [0.25, 0.3) is 0 Å². The highest BCUT2D eigenvalue weighted by Gasteiger charge is 2.47. The maximum atomic E-state index is 14.0. The second-order valence-corrected chi connectivity index (χ2v) is 10.7. The number of hydrogen-bond donors (Lipinski definition) is 2. The molecule has 0 saturated carbocycles. The molecule has 192 valence electrons. The molecule has 2 aliphatic rings. The van der Waals surface area contributed by atoms with Crippen molar-refractivity contribution < 1.29 is 28.3 Å². The Morgan fingerprint density at radius 2 is 2.09 bits per heavy atom. The van der Waals surface area contributed by atoms with Gasteiger partial charge in [0.1, 0.15) is 18.4 Å². The van der Waals surface area contributed by atoms with Gasteiger partial charge in [0.2, 0.25) is 12.2 Å². The molecule has 5 atom stereocenters. The Morgan fingerprint density at radius 3 is 2.65 bits per heavy atom. The molecular weight excluding hydrogens is 463 g/mol. The second kappa shape index (κ2) is 12.6. The van der Waals surface area contributed by atoms with Crippen LogP contribution in [0.1, 0.15) is 40.5 Å². The summed E-state index contributed by atoms with van der Waals surface area (Å²) in [5, 5.41) is 21.6. The fraction of sp³-hybridized carbons (Fsp3) is 0.762. The minimum Gasteiger partial charge on any atom is -0.394 e. The van der Waals surface area contributed by atoms with E-state index in [0.29, 0.717) is 0 Å². The lowest BCUT2D eigenvalue weighted by Crippen LogP contribution is -2.51. The van der Waals surface area contributed by atoms with E-state index in [0.717, 1.165) is 0 Å². The molecular formula is C21H37N6O6P. The molecule has 0 aliphatic carbocycles. The summed E-state index contributed by atoms with van der Waals surface area (Å²) >= 11 is 0. The summed E-state index contributed by atoms with van der Waals surface area (Å²) in [6, 6.07) is 1.65. The largest absolute Gasteiger partial charge is 0.409 e. The van der Waals surface area contributed by atoms with Crippen LogP contribution in [0.2, 0.25) is 0 Å². The van der Waals surface area contributed by atoms with Gasteiger partial charge in [0.25, 0.3) is 0 Å². The van der Waals surface area contributed by atoms with Crippen LogP contribution in [0, 0.1) is 11.3 Å². The molecule has 0 aromatic carbocycles. The molecule has 0 spiro atoms. The average Bonchev–Trinajstić information content (AvgIpc) is 3.13. The van der Waals surface area contributed by atoms with E-state index in [2.05, 4.69) is 10.3 Å². The predicted molar refractivity (Wildman–Crippen MR) is 126 cm³/mol. The summed E-state index contributed by atoms with van der Waals surface area (Å²) in [7, 11) is -0.219. The molecule has 0 bridgehead atoms. The smallest absolute Gasteiger partial charge is 0.394 e. The topological polar surface area (TPSA) is 140 Å². The van der Waals surface area contributed by atoms with Crippen molar-refractivity contribution in [3.63, 3.8) is 0 Å². The molecule has 2 N–H and O–H groups in total. The Balaban J connectivity index is 2.28. The maximum absolute atomic E-state index is 14.0. The molecule has 2 aliphatic heterocycles. The van der Waals surface area contributed by atoms with Crippen molar-refractivity contribution in [3.05, 3.63) is 12.3 Å². The van der Waals surface area contributed by atoms with E-state index in [-0.39, 0.29) is 44.0 Å². The zero-order valence-corrected chi connectivity index (χ0v) is 21.6. The number of nitriles is 1. The number of carbonyl (C=O) groups is 1. The fourth-order valence-electron chi connectivity index (χ4n) is 3.90. The van der Waals surface area contributed by atoms with E-state index in [1.165, 1.54) is 6.08 Å². The van der Waals surface area contributed by atoms with Crippen LogP contribution in [0.4, 0.5) is 0 Å². The first-order chi connectivity index (χ1) is 16.0. The van der Waals surface area contributed by atoms with Gasteiger partial charge in [0.15, 0.2) is 0 Å². The first kappa shape index (κ1) is 28.2. The van der Waals surface area contributed by atoms with Gasteiger partial charge >= 0.3 is 7.75 Å². The van der Waals surface area contributed by atoms with Gasteiger partial charge in [-0.2, -0.15) is 5.26 Å². The molecule has 1 saturated heterocycles. The molecule has 2 unspecified atom stereocenters. The van der Waals surface area contributed by atoms with Crippen LogP contribution in [-0.4, -0.2) is 95.9 Å². The summed E-state index contributed by atoms with van der Waals surface area (Å²) in [5.74, 6) is -0.290. The van der Waals surface area contributed by atoms with E-state index in [1.807, 2.05) is 47.9 Å². The third-order valence-corrected chi connectivity index (χ3v) is 7.70. The van der Waals surface area contributed by atoms with Crippen LogP contribution < -0.4 is 5.32 Å². The van der Waals surface area contributed by atoms with Gasteiger partial charge in [0.05, 0.1) is 32.0 Å². The van der Waals surface area contributed by atoms with Gasteiger partial charge in [-0.3, -0.25) is 13.8 Å². The average molecular weight is 501 g/mol. The van der Waals surface area contributed by atoms with Gasteiger partial charge in [-0.05, 0) is 27.7 Å². The summed E-state index contributed by atoms with van der Waals surface area (Å²) in [6.07, 6.45) is 1.97. The number of nitrogens with zero attached hydrogens (tertiary/aromatic N) is 5. The van der Waals surface area contributed by atoms with Crippen LogP contribution >= 0.6 is 7.75 Å². The molecule has 13 heteroatoms. The SMILES string of the molecule is CC(C)N(C(C)C)P(=O)(OCCC#N)O[C@H]1C[C@H](N2C=CC(=O)NC2/N=C/N(C)C)O[C@@H]1CO. The molecule has 1 fully saturated rings. The monoisotopic (exact) mass is 500 g/mol. The number of carbonyl (C=O) groups excluding carboxylic acids is 1. The molecule has 0 radical (unpaired) electrons. The number of aliphatic imine (C=N–C) groups is 1. The normalized spacial score (nSPS) is 27.0. The van der Waals surface area contributed by atoms with E-state index in [1.54, 1.807) is 27.0 Å². The van der Waals surface area contributed by atoms with E-state index in [4.69, 9.17) is 19.0 Å². The van der Waals surface area contributed by atoms with Crippen molar-refractivity contribution in [1.29, 1.82) is 5.26 Å². The number of ether oxygens (including phenoxy) is 1. The molecule has 2 rings (SSSR count). The van der Waals surface area contributed by atoms with Gasteiger partial charge in [0, 0.05) is 44.9 Å². The number of aliphatic hydroxyl groups excluding tert-OH is 1. The Kier molecular flexibility index (Phi) is 10.5. The third kappa shape index (κ3) is 7.25. The molecule has 34 heavy (non-hydrogen) atoms. The van der Waals surface area contributed by atoms with Gasteiger partial charge in [-0.1, -0.05) is 0 Å². The first-order valence-corrected chi connectivity index (χ1v) is 12.8. The minimum atomic E-state index is -3.84. The van der Waals surface area contributed by atoms with Crippen LogP contribution in [-0.2, 0) is 23.1 Å². The quantitative estimate of drug-likeness (QED) is 0.175. The Bertz CT molecular complexity index is 821. The van der Waals surface area contributed by atoms with Crippen molar-refractivity contribution in [2.24, 2.45) is 4.99 Å². The Morgan fingerprint density at radius 1 is 1.41 bits per heavy atom. The lowest BCUT2D eigenvalue weighted by atomic mass is 10.2. The Hall–Kier alpha value is -2.00. The molecule has 2 heterocycles. The first-order valence-electron chi connectivity index (χ1n) is 11.3. The van der Waals surface area contributed by atoms with E-state index in [9.17, 15) is 14.5 Å². The number of hydrogen-bond acceptors (Lipinski definition) is 9. The predicted octanol–water partition coefficient (Wildman–Crippen LogP) is 1.46. The van der Waals surface area contributed by atoms with Crippen molar-refractivity contribution in [2.45, 2.75) is 77.3 Å². The third-order valence-electron chi connectivity index (χ3n) is 5.16. The van der Waals surface area contributed by atoms with Crippen LogP contribution in [0.15, 0.2) is 17.3 Å². The number of amides is 1. The van der Waals surface area contributed by atoms with E-state index < -0.39 is 32.5 Å². The highest BCUT2D eigenvalue weighted by Crippen LogP contribution is 2.57. The lowest BCUT2D eigenvalue weighted by molar-refractivity contribution is -0.122. The summed E-state index contributed by atoms with van der Waals surface area (Å²) in [5.41, 5.74) is 0. The molecule has 1 amide bonds. The highest BCUT2D eigenvalue weighted by molar-refractivity contribution is 7.51.